The number of ether oxygens (including phenoxy) is 1. The number of hydrogen-bond donors (Lipinski definition) is 2. The third-order valence-corrected chi connectivity index (χ3v) is 7.59. The van der Waals surface area contributed by atoms with E-state index < -0.39 is 0 Å². The minimum atomic E-state index is -0.173. The van der Waals surface area contributed by atoms with Crippen LogP contribution in [0.3, 0.4) is 0 Å². The zero-order chi connectivity index (χ0) is 23.5. The lowest BCUT2D eigenvalue weighted by Gasteiger charge is -2.41. The van der Waals surface area contributed by atoms with Crippen LogP contribution in [0.25, 0.3) is 22.3 Å². The van der Waals surface area contributed by atoms with E-state index in [2.05, 4.69) is 20.1 Å². The Morgan fingerprint density at radius 3 is 2.70 bits per heavy atom. The van der Waals surface area contributed by atoms with Crippen molar-refractivity contribution in [2.24, 2.45) is 18.2 Å². The molecule has 0 aliphatic carbocycles. The van der Waals surface area contributed by atoms with E-state index in [1.165, 1.54) is 0 Å². The standard InChI is InChI=1S/C22H29ClN8O2/c1-12-17(24)22(11-33-12)6-9-31(10-7-22)21-26-18-14(20(32)30(21)4)16(27-28-18)13-5-8-25-19(15(13)23)29(2)3/h5,8,12,17H,6-7,9-11,24H2,1-4H3,(H,27,28)/t12-,17+/m0/s1. The highest BCUT2D eigenvalue weighted by atomic mass is 35.5. The Labute approximate surface area is 196 Å². The molecule has 3 aromatic heterocycles. The average molecular weight is 473 g/mol. The van der Waals surface area contributed by atoms with Crippen LogP contribution in [0.15, 0.2) is 17.1 Å². The van der Waals surface area contributed by atoms with Crippen molar-refractivity contribution >= 4 is 34.4 Å². The Hall–Kier alpha value is -2.69. The molecular formula is C22H29ClN8O2. The predicted octanol–water partition coefficient (Wildman–Crippen LogP) is 1.77. The maximum atomic E-state index is 13.4. The fraction of sp³-hybridized carbons (Fsp3) is 0.545. The number of nitrogens with zero attached hydrogens (tertiary/aromatic N) is 6. The van der Waals surface area contributed by atoms with Gasteiger partial charge in [-0.15, -0.1) is 0 Å². The Kier molecular flexibility index (Phi) is 5.34. The molecule has 0 aromatic carbocycles. The third-order valence-electron chi connectivity index (χ3n) is 7.22. The van der Waals surface area contributed by atoms with E-state index in [0.717, 1.165) is 25.9 Å². The monoisotopic (exact) mass is 472 g/mol. The number of nitrogens with one attached hydrogen (secondary N) is 1. The molecule has 5 heterocycles. The van der Waals surface area contributed by atoms with Crippen LogP contribution in [0.4, 0.5) is 11.8 Å². The minimum Gasteiger partial charge on any atom is -0.376 e. The molecule has 2 atom stereocenters. The van der Waals surface area contributed by atoms with E-state index in [1.807, 2.05) is 25.9 Å². The van der Waals surface area contributed by atoms with E-state index in [9.17, 15) is 4.79 Å². The van der Waals surface area contributed by atoms with Gasteiger partial charge in [0.15, 0.2) is 5.65 Å². The number of piperidine rings is 1. The van der Waals surface area contributed by atoms with Crippen molar-refractivity contribution in [3.05, 3.63) is 27.6 Å². The van der Waals surface area contributed by atoms with Gasteiger partial charge in [0.2, 0.25) is 5.95 Å². The number of halogens is 1. The Morgan fingerprint density at radius 1 is 1.33 bits per heavy atom. The molecule has 3 aromatic rings. The molecule has 0 radical (unpaired) electrons. The first kappa shape index (κ1) is 22.1. The van der Waals surface area contributed by atoms with Gasteiger partial charge < -0.3 is 20.3 Å². The number of hydrogen-bond acceptors (Lipinski definition) is 8. The van der Waals surface area contributed by atoms with Gasteiger partial charge >= 0.3 is 0 Å². The number of rotatable bonds is 3. The Balaban J connectivity index is 1.51. The van der Waals surface area contributed by atoms with Crippen LogP contribution >= 0.6 is 11.6 Å². The molecule has 5 rings (SSSR count). The molecule has 0 bridgehead atoms. The van der Waals surface area contributed by atoms with E-state index >= 15 is 0 Å². The molecule has 176 valence electrons. The topological polar surface area (TPSA) is 118 Å². The summed E-state index contributed by atoms with van der Waals surface area (Å²) in [6.45, 7) is 4.26. The Bertz CT molecular complexity index is 1260. The van der Waals surface area contributed by atoms with Gasteiger partial charge in [0.25, 0.3) is 5.56 Å². The lowest BCUT2D eigenvalue weighted by molar-refractivity contribution is 0.0973. The number of fused-ring (bicyclic) bond motifs is 1. The molecule has 0 amide bonds. The zero-order valence-electron chi connectivity index (χ0n) is 19.3. The lowest BCUT2D eigenvalue weighted by atomic mass is 9.73. The molecule has 2 aliphatic heterocycles. The van der Waals surface area contributed by atoms with Crippen LogP contribution in [-0.2, 0) is 11.8 Å². The van der Waals surface area contributed by atoms with Crippen LogP contribution < -0.4 is 21.1 Å². The van der Waals surface area contributed by atoms with Gasteiger partial charge in [-0.3, -0.25) is 14.5 Å². The van der Waals surface area contributed by atoms with E-state index in [4.69, 9.17) is 27.1 Å². The van der Waals surface area contributed by atoms with Crippen molar-refractivity contribution in [2.45, 2.75) is 31.9 Å². The lowest BCUT2D eigenvalue weighted by Crippen LogP contribution is -2.51. The second-order valence-corrected chi connectivity index (χ2v) is 9.73. The SMILES string of the molecule is C[C@@H]1OCC2(CCN(c3nc4[nH]nc(-c5ccnc(N(C)C)c5Cl)c4c(=O)n3C)CC2)[C@@H]1N. The summed E-state index contributed by atoms with van der Waals surface area (Å²) < 4.78 is 7.42. The van der Waals surface area contributed by atoms with Gasteiger partial charge in [-0.25, -0.2) is 4.98 Å². The number of nitrogens with two attached hydrogens (primary N) is 1. The molecular weight excluding hydrogens is 444 g/mol. The van der Waals surface area contributed by atoms with Crippen LogP contribution in [0.1, 0.15) is 19.8 Å². The molecule has 11 heteroatoms. The van der Waals surface area contributed by atoms with Gasteiger partial charge in [0.1, 0.15) is 16.9 Å². The summed E-state index contributed by atoms with van der Waals surface area (Å²) in [6, 6.07) is 1.79. The van der Waals surface area contributed by atoms with Crippen molar-refractivity contribution in [3.63, 3.8) is 0 Å². The fourth-order valence-corrected chi connectivity index (χ4v) is 5.45. The van der Waals surface area contributed by atoms with Crippen molar-refractivity contribution in [1.29, 1.82) is 0 Å². The molecule has 0 saturated carbocycles. The van der Waals surface area contributed by atoms with Crippen LogP contribution in [0, 0.1) is 5.41 Å². The first-order valence-electron chi connectivity index (χ1n) is 11.1. The summed E-state index contributed by atoms with van der Waals surface area (Å²) in [7, 11) is 5.47. The van der Waals surface area contributed by atoms with Crippen LogP contribution in [0.5, 0.6) is 0 Å². The highest BCUT2D eigenvalue weighted by molar-refractivity contribution is 6.36. The third kappa shape index (κ3) is 3.39. The largest absolute Gasteiger partial charge is 0.376 e. The summed E-state index contributed by atoms with van der Waals surface area (Å²) in [5.74, 6) is 1.23. The van der Waals surface area contributed by atoms with Gasteiger partial charge in [-0.1, -0.05) is 11.6 Å². The smallest absolute Gasteiger partial charge is 0.266 e. The summed E-state index contributed by atoms with van der Waals surface area (Å²) in [6.07, 6.45) is 3.54. The molecule has 2 aliphatic rings. The number of pyridine rings is 1. The first-order valence-corrected chi connectivity index (χ1v) is 11.5. The van der Waals surface area contributed by atoms with Crippen molar-refractivity contribution < 1.29 is 4.74 Å². The quantitative estimate of drug-likeness (QED) is 0.592. The number of H-pyrrole nitrogens is 1. The molecule has 3 N–H and O–H groups in total. The number of anilines is 2. The Morgan fingerprint density at radius 2 is 2.06 bits per heavy atom. The van der Waals surface area contributed by atoms with Gasteiger partial charge in [0, 0.05) is 57.4 Å². The van der Waals surface area contributed by atoms with Crippen LogP contribution in [0.2, 0.25) is 5.02 Å². The van der Waals surface area contributed by atoms with Gasteiger partial charge in [0.05, 0.1) is 17.7 Å². The minimum absolute atomic E-state index is 0.00226. The maximum absolute atomic E-state index is 13.4. The molecule has 1 spiro atoms. The highest BCUT2D eigenvalue weighted by Gasteiger charge is 2.47. The first-order chi connectivity index (χ1) is 15.7. The van der Waals surface area contributed by atoms with E-state index in [-0.39, 0.29) is 23.1 Å². The zero-order valence-corrected chi connectivity index (χ0v) is 20.1. The summed E-state index contributed by atoms with van der Waals surface area (Å²) in [5, 5.41) is 8.19. The van der Waals surface area contributed by atoms with Gasteiger partial charge in [-0.05, 0) is 25.8 Å². The number of aromatic nitrogens is 5. The number of aromatic amines is 1. The molecule has 2 saturated heterocycles. The second-order valence-electron chi connectivity index (χ2n) is 9.35. The van der Waals surface area contributed by atoms with E-state index in [0.29, 0.717) is 45.7 Å². The molecule has 33 heavy (non-hydrogen) atoms. The summed E-state index contributed by atoms with van der Waals surface area (Å²) in [4.78, 5) is 26.5. The van der Waals surface area contributed by atoms with Gasteiger partial charge in [-0.2, -0.15) is 10.1 Å². The van der Waals surface area contributed by atoms with E-state index in [1.54, 1.807) is 23.9 Å². The molecule has 0 unspecified atom stereocenters. The average Bonchev–Trinajstić information content (AvgIpc) is 3.34. The molecule has 10 nitrogen and oxygen atoms in total. The second kappa shape index (κ2) is 7.96. The van der Waals surface area contributed by atoms with Crippen LogP contribution in [-0.4, -0.2) is 70.7 Å². The summed E-state index contributed by atoms with van der Waals surface area (Å²) in [5.41, 5.74) is 7.83. The fourth-order valence-electron chi connectivity index (χ4n) is 5.08. The van der Waals surface area contributed by atoms with Crippen molar-refractivity contribution in [1.82, 2.24) is 24.7 Å². The van der Waals surface area contributed by atoms with Crippen molar-refractivity contribution in [2.75, 3.05) is 43.6 Å². The predicted molar refractivity (Wildman–Crippen MR) is 129 cm³/mol. The molecule has 2 fully saturated rings. The maximum Gasteiger partial charge on any atom is 0.266 e. The summed E-state index contributed by atoms with van der Waals surface area (Å²) >= 11 is 6.61. The normalized spacial score (nSPS) is 22.4. The highest BCUT2D eigenvalue weighted by Crippen LogP contribution is 2.42. The van der Waals surface area contributed by atoms with Crippen molar-refractivity contribution in [3.8, 4) is 11.3 Å².